The van der Waals surface area contributed by atoms with Crippen molar-refractivity contribution < 1.29 is 13.2 Å². The van der Waals surface area contributed by atoms with Gasteiger partial charge in [0.05, 0.1) is 28.2 Å². The van der Waals surface area contributed by atoms with Gasteiger partial charge >= 0.3 is 0 Å². The third-order valence-corrected chi connectivity index (χ3v) is 8.91. The fourth-order valence-corrected chi connectivity index (χ4v) is 7.13. The molecule has 1 saturated carbocycles. The predicted octanol–water partition coefficient (Wildman–Crippen LogP) is 3.49. The van der Waals surface area contributed by atoms with Gasteiger partial charge in [-0.2, -0.15) is 5.10 Å². The first-order valence-electron chi connectivity index (χ1n) is 11.7. The van der Waals surface area contributed by atoms with Crippen LogP contribution in [0.25, 0.3) is 0 Å². The van der Waals surface area contributed by atoms with Gasteiger partial charge in [-0.3, -0.25) is 9.48 Å². The van der Waals surface area contributed by atoms with E-state index in [4.69, 9.17) is 5.73 Å². The summed E-state index contributed by atoms with van der Waals surface area (Å²) in [5.74, 6) is 0.198. The van der Waals surface area contributed by atoms with Gasteiger partial charge in [0.2, 0.25) is 15.7 Å². The van der Waals surface area contributed by atoms with E-state index in [0.29, 0.717) is 42.2 Å². The second-order valence-electron chi connectivity index (χ2n) is 9.28. The van der Waals surface area contributed by atoms with Crippen LogP contribution < -0.4 is 10.6 Å². The molecule has 1 aliphatic heterocycles. The van der Waals surface area contributed by atoms with Crippen LogP contribution in [-0.4, -0.2) is 36.7 Å². The van der Waals surface area contributed by atoms with Crippen LogP contribution in [0.1, 0.15) is 64.3 Å². The zero-order chi connectivity index (χ0) is 23.1. The molecule has 8 heteroatoms. The highest BCUT2D eigenvalue weighted by atomic mass is 32.2. The number of nitrogens with zero attached hydrogens (tertiary/aromatic N) is 3. The van der Waals surface area contributed by atoms with Gasteiger partial charge in [-0.15, -0.1) is 0 Å². The molecule has 7 nitrogen and oxygen atoms in total. The highest BCUT2D eigenvalue weighted by Gasteiger charge is 2.48. The van der Waals surface area contributed by atoms with Gasteiger partial charge in [0.25, 0.3) is 0 Å². The molecule has 0 radical (unpaired) electrons. The lowest BCUT2D eigenvalue weighted by Gasteiger charge is -2.22. The molecule has 1 aromatic carbocycles. The summed E-state index contributed by atoms with van der Waals surface area (Å²) in [5, 5.41) is 4.57. The molecule has 0 unspecified atom stereocenters. The minimum atomic E-state index is -3.74. The monoisotopic (exact) mass is 458 g/mol. The fraction of sp³-hybridized carbons (Fsp3) is 0.583. The van der Waals surface area contributed by atoms with Gasteiger partial charge in [0, 0.05) is 18.3 Å². The van der Waals surface area contributed by atoms with E-state index >= 15 is 0 Å². The first-order valence-corrected chi connectivity index (χ1v) is 13.2. The van der Waals surface area contributed by atoms with Crippen molar-refractivity contribution in [2.75, 3.05) is 11.4 Å². The maximum Gasteiger partial charge on any atom is 0.233 e. The summed E-state index contributed by atoms with van der Waals surface area (Å²) >= 11 is 0. The Balaban J connectivity index is 1.66. The van der Waals surface area contributed by atoms with Gasteiger partial charge in [-0.25, -0.2) is 8.42 Å². The molecular weight excluding hydrogens is 424 g/mol. The maximum atomic E-state index is 13.6. The van der Waals surface area contributed by atoms with Crippen LogP contribution in [0.15, 0.2) is 34.1 Å². The number of aromatic nitrogens is 2. The number of rotatable bonds is 7. The minimum Gasteiger partial charge on any atom is -0.326 e. The maximum absolute atomic E-state index is 13.6. The van der Waals surface area contributed by atoms with Crippen molar-refractivity contribution in [1.29, 1.82) is 0 Å². The molecule has 1 aromatic heterocycles. The Morgan fingerprint density at radius 1 is 1.09 bits per heavy atom. The van der Waals surface area contributed by atoms with Crippen LogP contribution in [-0.2, 0) is 34.0 Å². The number of hydrogen-bond donors (Lipinski definition) is 1. The molecule has 1 amide bonds. The molecule has 1 saturated heterocycles. The number of aryl methyl sites for hydroxylation is 1. The Kier molecular flexibility index (Phi) is 6.20. The first kappa shape index (κ1) is 23.0. The molecule has 2 fully saturated rings. The average molecular weight is 459 g/mol. The molecule has 32 heavy (non-hydrogen) atoms. The third-order valence-electron chi connectivity index (χ3n) is 7.01. The Morgan fingerprint density at radius 3 is 2.31 bits per heavy atom. The van der Waals surface area contributed by atoms with Crippen LogP contribution >= 0.6 is 0 Å². The van der Waals surface area contributed by atoms with E-state index in [1.54, 1.807) is 28.9 Å². The standard InChI is InChI=1S/C24H34N4O3S/c1-4-20-22(21(5-2)28(26-20)16-17(3)25)32(30,31)19-10-8-18(9-11-19)27-15-14-24(23(27)29)12-6-7-13-24/h8-11,17H,4-7,12-16,25H2,1-3H3/t17-/m0/s1. The lowest BCUT2D eigenvalue weighted by atomic mass is 9.85. The largest absolute Gasteiger partial charge is 0.326 e. The Hall–Kier alpha value is -2.19. The molecule has 1 atom stereocenters. The van der Waals surface area contributed by atoms with Crippen molar-refractivity contribution in [2.24, 2.45) is 11.1 Å². The Bertz CT molecular complexity index is 1100. The van der Waals surface area contributed by atoms with Gasteiger partial charge in [-0.05, 0) is 63.3 Å². The molecular formula is C24H34N4O3S. The lowest BCUT2D eigenvalue weighted by Crippen LogP contribution is -2.32. The molecule has 1 spiro atoms. The smallest absolute Gasteiger partial charge is 0.233 e. The SMILES string of the molecule is CCc1nn(C[C@H](C)N)c(CC)c1S(=O)(=O)c1ccc(N2CCC3(CCCC3)C2=O)cc1. The van der Waals surface area contributed by atoms with Gasteiger partial charge < -0.3 is 10.6 Å². The normalized spacial score (nSPS) is 19.2. The number of carbonyl (C=O) groups excluding carboxylic acids is 1. The Labute approximate surface area is 190 Å². The van der Waals surface area contributed by atoms with E-state index in [-0.39, 0.29) is 22.3 Å². The topological polar surface area (TPSA) is 98.3 Å². The van der Waals surface area contributed by atoms with Crippen molar-refractivity contribution in [1.82, 2.24) is 9.78 Å². The predicted molar refractivity (Wildman–Crippen MR) is 124 cm³/mol. The highest BCUT2D eigenvalue weighted by Crippen LogP contribution is 2.47. The van der Waals surface area contributed by atoms with E-state index < -0.39 is 9.84 Å². The number of nitrogens with two attached hydrogens (primary N) is 1. The van der Waals surface area contributed by atoms with E-state index in [0.717, 1.165) is 37.8 Å². The van der Waals surface area contributed by atoms with E-state index in [2.05, 4.69) is 5.10 Å². The lowest BCUT2D eigenvalue weighted by molar-refractivity contribution is -0.125. The van der Waals surface area contributed by atoms with E-state index in [1.807, 2.05) is 25.7 Å². The summed E-state index contributed by atoms with van der Waals surface area (Å²) in [6, 6.07) is 6.66. The van der Waals surface area contributed by atoms with Crippen LogP contribution in [0, 0.1) is 5.41 Å². The Morgan fingerprint density at radius 2 is 1.75 bits per heavy atom. The number of anilines is 1. The molecule has 4 rings (SSSR count). The van der Waals surface area contributed by atoms with Gasteiger partial charge in [0.15, 0.2) is 0 Å². The summed E-state index contributed by atoms with van der Waals surface area (Å²) < 4.78 is 29.0. The second-order valence-corrected chi connectivity index (χ2v) is 11.2. The summed E-state index contributed by atoms with van der Waals surface area (Å²) in [7, 11) is -3.74. The minimum absolute atomic E-state index is 0.124. The van der Waals surface area contributed by atoms with E-state index in [9.17, 15) is 13.2 Å². The summed E-state index contributed by atoms with van der Waals surface area (Å²) in [4.78, 5) is 15.4. The molecule has 0 bridgehead atoms. The van der Waals surface area contributed by atoms with E-state index in [1.165, 1.54) is 0 Å². The number of benzene rings is 1. The highest BCUT2D eigenvalue weighted by molar-refractivity contribution is 7.91. The van der Waals surface area contributed by atoms with Crippen LogP contribution in [0.3, 0.4) is 0 Å². The fourth-order valence-electron chi connectivity index (χ4n) is 5.35. The number of amides is 1. The molecule has 2 aromatic rings. The third kappa shape index (κ3) is 3.77. The number of carbonyl (C=O) groups is 1. The number of sulfone groups is 1. The summed E-state index contributed by atoms with van der Waals surface area (Å²) in [6.45, 7) is 6.92. The molecule has 2 heterocycles. The second kappa shape index (κ2) is 8.63. The van der Waals surface area contributed by atoms with Crippen molar-refractivity contribution in [3.05, 3.63) is 35.7 Å². The quantitative estimate of drug-likeness (QED) is 0.685. The van der Waals surface area contributed by atoms with Crippen LogP contribution in [0.5, 0.6) is 0 Å². The number of hydrogen-bond acceptors (Lipinski definition) is 5. The van der Waals surface area contributed by atoms with Crippen molar-refractivity contribution in [3.8, 4) is 0 Å². The van der Waals surface area contributed by atoms with Gasteiger partial charge in [0.1, 0.15) is 4.90 Å². The molecule has 2 aliphatic rings. The molecule has 174 valence electrons. The summed E-state index contributed by atoms with van der Waals surface area (Å²) in [6.07, 6.45) is 6.15. The zero-order valence-corrected chi connectivity index (χ0v) is 20.1. The van der Waals surface area contributed by atoms with Crippen LogP contribution in [0.2, 0.25) is 0 Å². The zero-order valence-electron chi connectivity index (χ0n) is 19.3. The molecule has 2 N–H and O–H groups in total. The summed E-state index contributed by atoms with van der Waals surface area (Å²) in [5.41, 5.74) is 7.81. The average Bonchev–Trinajstić information content (AvgIpc) is 3.47. The van der Waals surface area contributed by atoms with Crippen molar-refractivity contribution in [3.63, 3.8) is 0 Å². The first-order chi connectivity index (χ1) is 15.2. The van der Waals surface area contributed by atoms with Crippen molar-refractivity contribution >= 4 is 21.4 Å². The molecule has 1 aliphatic carbocycles. The van der Waals surface area contributed by atoms with Gasteiger partial charge in [-0.1, -0.05) is 26.7 Å². The van der Waals surface area contributed by atoms with Crippen LogP contribution in [0.4, 0.5) is 5.69 Å². The van der Waals surface area contributed by atoms with Crippen molar-refractivity contribution in [2.45, 2.75) is 88.1 Å².